The molecule has 0 fully saturated rings. The summed E-state index contributed by atoms with van der Waals surface area (Å²) in [7, 11) is 0. The Bertz CT molecular complexity index is 543. The van der Waals surface area contributed by atoms with E-state index in [1.165, 1.54) is 5.56 Å². The Morgan fingerprint density at radius 2 is 1.75 bits per heavy atom. The minimum absolute atomic E-state index is 0.172. The van der Waals surface area contributed by atoms with Crippen molar-refractivity contribution in [3.63, 3.8) is 0 Å². The number of halogens is 2. The zero-order chi connectivity index (χ0) is 14.4. The van der Waals surface area contributed by atoms with Crippen LogP contribution in [0.25, 0.3) is 0 Å². The van der Waals surface area contributed by atoms with E-state index in [2.05, 4.69) is 17.6 Å². The van der Waals surface area contributed by atoms with E-state index < -0.39 is 0 Å². The highest BCUT2D eigenvalue weighted by Gasteiger charge is 2.12. The van der Waals surface area contributed by atoms with Gasteiger partial charge in [-0.3, -0.25) is 11.3 Å². The van der Waals surface area contributed by atoms with E-state index in [-0.39, 0.29) is 6.04 Å². The molecular formula is C16H18Cl2N2. The van der Waals surface area contributed by atoms with E-state index in [9.17, 15) is 0 Å². The summed E-state index contributed by atoms with van der Waals surface area (Å²) < 4.78 is 0. The second-order valence-electron chi connectivity index (χ2n) is 4.80. The first-order valence-corrected chi connectivity index (χ1v) is 7.39. The molecule has 0 aliphatic heterocycles. The molecule has 0 amide bonds. The van der Waals surface area contributed by atoms with Crippen molar-refractivity contribution in [2.45, 2.75) is 25.3 Å². The van der Waals surface area contributed by atoms with Crippen LogP contribution in [-0.2, 0) is 12.8 Å². The largest absolute Gasteiger partial charge is 0.271 e. The quantitative estimate of drug-likeness (QED) is 0.625. The molecule has 0 aromatic heterocycles. The van der Waals surface area contributed by atoms with Crippen LogP contribution in [0.15, 0.2) is 48.5 Å². The van der Waals surface area contributed by atoms with Gasteiger partial charge in [0.15, 0.2) is 0 Å². The van der Waals surface area contributed by atoms with Crippen LogP contribution in [0, 0.1) is 0 Å². The SMILES string of the molecule is NNC(CCc1ccccc1)Cc1cccc(Cl)c1Cl. The van der Waals surface area contributed by atoms with E-state index in [1.54, 1.807) is 6.07 Å². The number of nitrogens with two attached hydrogens (primary N) is 1. The zero-order valence-electron chi connectivity index (χ0n) is 11.2. The topological polar surface area (TPSA) is 38.0 Å². The van der Waals surface area contributed by atoms with E-state index in [0.29, 0.717) is 10.0 Å². The number of hydrogen-bond acceptors (Lipinski definition) is 2. The monoisotopic (exact) mass is 308 g/mol. The standard InChI is InChI=1S/C16H18Cl2N2/c17-15-8-4-7-13(16(15)18)11-14(20-19)10-9-12-5-2-1-3-6-12/h1-8,14,20H,9-11,19H2. The minimum atomic E-state index is 0.172. The van der Waals surface area contributed by atoms with Crippen LogP contribution >= 0.6 is 23.2 Å². The summed E-state index contributed by atoms with van der Waals surface area (Å²) in [6.45, 7) is 0. The third kappa shape index (κ3) is 4.22. The fraction of sp³-hybridized carbons (Fsp3) is 0.250. The Hall–Kier alpha value is -1.06. The van der Waals surface area contributed by atoms with Crippen LogP contribution in [0.1, 0.15) is 17.5 Å². The lowest BCUT2D eigenvalue weighted by Crippen LogP contribution is -2.37. The predicted octanol–water partition coefficient (Wildman–Crippen LogP) is 4.00. The van der Waals surface area contributed by atoms with Gasteiger partial charge < -0.3 is 0 Å². The molecule has 2 aromatic carbocycles. The van der Waals surface area contributed by atoms with Crippen LogP contribution < -0.4 is 11.3 Å². The number of rotatable bonds is 6. The van der Waals surface area contributed by atoms with Crippen LogP contribution in [0.5, 0.6) is 0 Å². The lowest BCUT2D eigenvalue weighted by Gasteiger charge is -2.17. The van der Waals surface area contributed by atoms with Crippen molar-refractivity contribution in [2.24, 2.45) is 5.84 Å². The molecule has 0 radical (unpaired) electrons. The molecule has 4 heteroatoms. The van der Waals surface area contributed by atoms with Crippen molar-refractivity contribution in [1.82, 2.24) is 5.43 Å². The van der Waals surface area contributed by atoms with Gasteiger partial charge in [-0.15, -0.1) is 0 Å². The first-order chi connectivity index (χ1) is 9.70. The maximum absolute atomic E-state index is 6.21. The normalized spacial score (nSPS) is 12.3. The fourth-order valence-electron chi connectivity index (χ4n) is 2.20. The second kappa shape index (κ2) is 7.65. The molecule has 3 N–H and O–H groups in total. The van der Waals surface area contributed by atoms with Gasteiger partial charge in [-0.2, -0.15) is 0 Å². The number of benzene rings is 2. The van der Waals surface area contributed by atoms with Gasteiger partial charge in [0, 0.05) is 6.04 Å². The summed E-state index contributed by atoms with van der Waals surface area (Å²) in [5.74, 6) is 5.65. The highest BCUT2D eigenvalue weighted by atomic mass is 35.5. The third-order valence-corrected chi connectivity index (χ3v) is 4.22. The van der Waals surface area contributed by atoms with Crippen molar-refractivity contribution < 1.29 is 0 Å². The van der Waals surface area contributed by atoms with Crippen molar-refractivity contribution >= 4 is 23.2 Å². The Morgan fingerprint density at radius 1 is 1.00 bits per heavy atom. The van der Waals surface area contributed by atoms with Gasteiger partial charge >= 0.3 is 0 Å². The molecule has 1 unspecified atom stereocenters. The van der Waals surface area contributed by atoms with Gasteiger partial charge in [0.2, 0.25) is 0 Å². The number of hydrogen-bond donors (Lipinski definition) is 2. The first-order valence-electron chi connectivity index (χ1n) is 6.63. The summed E-state index contributed by atoms with van der Waals surface area (Å²) in [4.78, 5) is 0. The smallest absolute Gasteiger partial charge is 0.0624 e. The van der Waals surface area contributed by atoms with Crippen LogP contribution in [0.2, 0.25) is 10.0 Å². The maximum atomic E-state index is 6.21. The van der Waals surface area contributed by atoms with Crippen molar-refractivity contribution in [2.75, 3.05) is 0 Å². The van der Waals surface area contributed by atoms with E-state index in [1.807, 2.05) is 30.3 Å². The Kier molecular flexibility index (Phi) is 5.86. The molecule has 0 aliphatic rings. The van der Waals surface area contributed by atoms with Gasteiger partial charge in [-0.25, -0.2) is 0 Å². The average Bonchev–Trinajstić information content (AvgIpc) is 2.49. The molecule has 0 saturated heterocycles. The Labute approximate surface area is 129 Å². The highest BCUT2D eigenvalue weighted by molar-refractivity contribution is 6.42. The first kappa shape index (κ1) is 15.3. The van der Waals surface area contributed by atoms with E-state index >= 15 is 0 Å². The summed E-state index contributed by atoms with van der Waals surface area (Å²) >= 11 is 12.2. The summed E-state index contributed by atoms with van der Waals surface area (Å²) in [6.07, 6.45) is 2.69. The fourth-order valence-corrected chi connectivity index (χ4v) is 2.60. The molecule has 0 aliphatic carbocycles. The average molecular weight is 309 g/mol. The van der Waals surface area contributed by atoms with E-state index in [0.717, 1.165) is 24.8 Å². The highest BCUT2D eigenvalue weighted by Crippen LogP contribution is 2.26. The summed E-state index contributed by atoms with van der Waals surface area (Å²) in [5.41, 5.74) is 5.20. The molecule has 20 heavy (non-hydrogen) atoms. The van der Waals surface area contributed by atoms with E-state index in [4.69, 9.17) is 29.0 Å². The van der Waals surface area contributed by atoms with Gasteiger partial charge in [0.25, 0.3) is 0 Å². The molecular weight excluding hydrogens is 291 g/mol. The number of aryl methyl sites for hydroxylation is 1. The van der Waals surface area contributed by atoms with Crippen molar-refractivity contribution in [3.05, 3.63) is 69.7 Å². The maximum Gasteiger partial charge on any atom is 0.0624 e. The van der Waals surface area contributed by atoms with Crippen molar-refractivity contribution in [1.29, 1.82) is 0 Å². The van der Waals surface area contributed by atoms with Gasteiger partial charge in [-0.05, 0) is 36.5 Å². The minimum Gasteiger partial charge on any atom is -0.271 e. The summed E-state index contributed by atoms with van der Waals surface area (Å²) in [6, 6.07) is 16.2. The predicted molar refractivity (Wildman–Crippen MR) is 86.0 cm³/mol. The molecule has 0 saturated carbocycles. The zero-order valence-corrected chi connectivity index (χ0v) is 12.7. The lowest BCUT2D eigenvalue weighted by molar-refractivity contribution is 0.491. The van der Waals surface area contributed by atoms with Crippen LogP contribution in [-0.4, -0.2) is 6.04 Å². The lowest BCUT2D eigenvalue weighted by atomic mass is 9.99. The van der Waals surface area contributed by atoms with Gasteiger partial charge in [0.1, 0.15) is 0 Å². The number of nitrogens with one attached hydrogen (secondary N) is 1. The molecule has 0 bridgehead atoms. The number of hydrazine groups is 1. The molecule has 2 aromatic rings. The molecule has 0 spiro atoms. The van der Waals surface area contributed by atoms with Gasteiger partial charge in [0.05, 0.1) is 10.0 Å². The second-order valence-corrected chi connectivity index (χ2v) is 5.59. The Balaban J connectivity index is 1.97. The summed E-state index contributed by atoms with van der Waals surface area (Å²) in [5, 5.41) is 1.21. The molecule has 0 heterocycles. The molecule has 2 rings (SSSR count). The third-order valence-electron chi connectivity index (χ3n) is 3.36. The Morgan fingerprint density at radius 3 is 2.45 bits per heavy atom. The molecule has 1 atom stereocenters. The van der Waals surface area contributed by atoms with Gasteiger partial charge in [-0.1, -0.05) is 65.7 Å². The molecule has 2 nitrogen and oxygen atoms in total. The van der Waals surface area contributed by atoms with Crippen molar-refractivity contribution in [3.8, 4) is 0 Å². The van der Waals surface area contributed by atoms with Crippen LogP contribution in [0.4, 0.5) is 0 Å². The molecule has 106 valence electrons. The van der Waals surface area contributed by atoms with Crippen LogP contribution in [0.3, 0.4) is 0 Å².